The van der Waals surface area contributed by atoms with Crippen LogP contribution in [0, 0.1) is 0 Å². The summed E-state index contributed by atoms with van der Waals surface area (Å²) in [5.41, 5.74) is 1.36. The average Bonchev–Trinajstić information content (AvgIpc) is 2.82. The second-order valence-electron chi connectivity index (χ2n) is 4.48. The van der Waals surface area contributed by atoms with Crippen molar-refractivity contribution in [3.8, 4) is 0 Å². The van der Waals surface area contributed by atoms with E-state index in [1.165, 1.54) is 31.5 Å². The Morgan fingerprint density at radius 1 is 1.44 bits per heavy atom. The molecule has 1 aromatic heterocycles. The lowest BCUT2D eigenvalue weighted by atomic mass is 10.2. The summed E-state index contributed by atoms with van der Waals surface area (Å²) in [4.78, 5) is 6.55. The van der Waals surface area contributed by atoms with Gasteiger partial charge in [-0.05, 0) is 43.6 Å². The van der Waals surface area contributed by atoms with Crippen LogP contribution in [0.25, 0.3) is 0 Å². The predicted octanol–water partition coefficient (Wildman–Crippen LogP) is 1.66. The molecule has 0 aromatic carbocycles. The highest BCUT2D eigenvalue weighted by Gasteiger charge is 2.16. The normalized spacial score (nSPS) is 20.5. The van der Waals surface area contributed by atoms with Gasteiger partial charge >= 0.3 is 0 Å². The van der Waals surface area contributed by atoms with Gasteiger partial charge in [-0.1, -0.05) is 6.92 Å². The van der Waals surface area contributed by atoms with Crippen molar-refractivity contribution < 1.29 is 0 Å². The Bertz CT molecular complexity index is 293. The zero-order valence-corrected chi connectivity index (χ0v) is 10.0. The predicted molar refractivity (Wildman–Crippen MR) is 66.2 cm³/mol. The lowest BCUT2D eigenvalue weighted by Crippen LogP contribution is -2.37. The first-order valence-electron chi connectivity index (χ1n) is 6.23. The van der Waals surface area contributed by atoms with Crippen molar-refractivity contribution >= 4 is 0 Å². The molecule has 16 heavy (non-hydrogen) atoms. The minimum Gasteiger partial charge on any atom is -0.313 e. The molecule has 0 amide bonds. The van der Waals surface area contributed by atoms with Crippen LogP contribution in [0.4, 0.5) is 0 Å². The highest BCUT2D eigenvalue weighted by molar-refractivity contribution is 5.09. The molecule has 0 unspecified atom stereocenters. The number of aromatic nitrogens is 1. The molecule has 1 aromatic rings. The van der Waals surface area contributed by atoms with Crippen LogP contribution in [0.1, 0.15) is 25.3 Å². The fraction of sp³-hybridized carbons (Fsp3) is 0.615. The summed E-state index contributed by atoms with van der Waals surface area (Å²) >= 11 is 0. The Morgan fingerprint density at radius 2 is 2.25 bits per heavy atom. The molecule has 1 saturated heterocycles. The molecule has 88 valence electrons. The van der Waals surface area contributed by atoms with E-state index in [1.54, 1.807) is 0 Å². The molecule has 1 N–H and O–H groups in total. The molecule has 1 atom stereocenters. The van der Waals surface area contributed by atoms with Crippen LogP contribution in [-0.2, 0) is 6.54 Å². The van der Waals surface area contributed by atoms with Gasteiger partial charge in [0.05, 0.1) is 0 Å². The molecule has 0 saturated carbocycles. The van der Waals surface area contributed by atoms with Crippen LogP contribution in [0.2, 0.25) is 0 Å². The van der Waals surface area contributed by atoms with Crippen LogP contribution < -0.4 is 5.32 Å². The fourth-order valence-corrected chi connectivity index (χ4v) is 2.28. The van der Waals surface area contributed by atoms with Crippen molar-refractivity contribution in [2.45, 2.75) is 32.4 Å². The van der Waals surface area contributed by atoms with Gasteiger partial charge in [0, 0.05) is 31.5 Å². The van der Waals surface area contributed by atoms with Gasteiger partial charge in [-0.3, -0.25) is 9.88 Å². The third kappa shape index (κ3) is 3.29. The zero-order valence-electron chi connectivity index (χ0n) is 10.0. The number of hydrogen-bond donors (Lipinski definition) is 1. The SMILES string of the molecule is CCN(Cc1ccncc1)C[C@@H]1CCCN1. The standard InChI is InChI=1S/C13H21N3/c1-2-16(11-13-4-3-7-15-13)10-12-5-8-14-9-6-12/h5-6,8-9,13,15H,2-4,7,10-11H2,1H3/t13-/m0/s1. The molecular weight excluding hydrogens is 198 g/mol. The smallest absolute Gasteiger partial charge is 0.0271 e. The third-order valence-electron chi connectivity index (χ3n) is 3.24. The highest BCUT2D eigenvalue weighted by Crippen LogP contribution is 2.09. The Kier molecular flexibility index (Phi) is 4.31. The molecule has 2 rings (SSSR count). The lowest BCUT2D eigenvalue weighted by molar-refractivity contribution is 0.253. The van der Waals surface area contributed by atoms with Gasteiger partial charge in [-0.2, -0.15) is 0 Å². The van der Waals surface area contributed by atoms with Crippen molar-refractivity contribution in [1.29, 1.82) is 0 Å². The summed E-state index contributed by atoms with van der Waals surface area (Å²) in [7, 11) is 0. The molecule has 0 radical (unpaired) electrons. The van der Waals surface area contributed by atoms with E-state index in [9.17, 15) is 0 Å². The van der Waals surface area contributed by atoms with Gasteiger partial charge in [-0.15, -0.1) is 0 Å². The van der Waals surface area contributed by atoms with E-state index < -0.39 is 0 Å². The zero-order chi connectivity index (χ0) is 11.2. The summed E-state index contributed by atoms with van der Waals surface area (Å²) in [6.45, 7) is 6.74. The van der Waals surface area contributed by atoms with E-state index in [0.717, 1.165) is 13.1 Å². The topological polar surface area (TPSA) is 28.2 Å². The number of nitrogens with one attached hydrogen (secondary N) is 1. The Hall–Kier alpha value is -0.930. The Labute approximate surface area is 97.9 Å². The highest BCUT2D eigenvalue weighted by atomic mass is 15.1. The van der Waals surface area contributed by atoms with Crippen LogP contribution in [0.15, 0.2) is 24.5 Å². The minimum atomic E-state index is 0.696. The monoisotopic (exact) mass is 219 g/mol. The second-order valence-corrected chi connectivity index (χ2v) is 4.48. The minimum absolute atomic E-state index is 0.696. The van der Waals surface area contributed by atoms with Gasteiger partial charge in [-0.25, -0.2) is 0 Å². The third-order valence-corrected chi connectivity index (χ3v) is 3.24. The molecule has 3 nitrogen and oxygen atoms in total. The maximum Gasteiger partial charge on any atom is 0.0271 e. The second kappa shape index (κ2) is 5.97. The molecule has 2 heterocycles. The van der Waals surface area contributed by atoms with E-state index >= 15 is 0 Å². The molecule has 1 aliphatic rings. The lowest BCUT2D eigenvalue weighted by Gasteiger charge is -2.24. The van der Waals surface area contributed by atoms with Gasteiger partial charge < -0.3 is 5.32 Å². The van der Waals surface area contributed by atoms with Crippen molar-refractivity contribution in [3.63, 3.8) is 0 Å². The van der Waals surface area contributed by atoms with E-state index in [0.29, 0.717) is 6.04 Å². The largest absolute Gasteiger partial charge is 0.313 e. The summed E-state index contributed by atoms with van der Waals surface area (Å²) in [5, 5.41) is 3.55. The number of rotatable bonds is 5. The number of pyridine rings is 1. The average molecular weight is 219 g/mol. The van der Waals surface area contributed by atoms with Crippen molar-refractivity contribution in [1.82, 2.24) is 15.2 Å². The van der Waals surface area contributed by atoms with Crippen LogP contribution in [0.5, 0.6) is 0 Å². The molecule has 0 bridgehead atoms. The number of likely N-dealkylation sites (N-methyl/N-ethyl adjacent to an activating group) is 1. The first-order chi connectivity index (χ1) is 7.88. The maximum absolute atomic E-state index is 4.05. The summed E-state index contributed by atoms with van der Waals surface area (Å²) in [5.74, 6) is 0. The van der Waals surface area contributed by atoms with E-state index in [2.05, 4.69) is 34.3 Å². The maximum atomic E-state index is 4.05. The summed E-state index contributed by atoms with van der Waals surface area (Å²) in [6, 6.07) is 4.90. The van der Waals surface area contributed by atoms with E-state index in [-0.39, 0.29) is 0 Å². The van der Waals surface area contributed by atoms with Gasteiger partial charge in [0.15, 0.2) is 0 Å². The molecule has 0 spiro atoms. The van der Waals surface area contributed by atoms with Crippen molar-refractivity contribution in [2.75, 3.05) is 19.6 Å². The summed E-state index contributed by atoms with van der Waals surface area (Å²) < 4.78 is 0. The van der Waals surface area contributed by atoms with Crippen LogP contribution >= 0.6 is 0 Å². The molecular formula is C13H21N3. The molecule has 1 fully saturated rings. The quantitative estimate of drug-likeness (QED) is 0.816. The number of hydrogen-bond acceptors (Lipinski definition) is 3. The van der Waals surface area contributed by atoms with Gasteiger partial charge in [0.2, 0.25) is 0 Å². The Morgan fingerprint density at radius 3 is 2.88 bits per heavy atom. The first-order valence-corrected chi connectivity index (χ1v) is 6.23. The van der Waals surface area contributed by atoms with Gasteiger partial charge in [0.25, 0.3) is 0 Å². The van der Waals surface area contributed by atoms with E-state index in [4.69, 9.17) is 0 Å². The van der Waals surface area contributed by atoms with Crippen LogP contribution in [-0.4, -0.2) is 35.6 Å². The molecule has 0 aliphatic carbocycles. The fourth-order valence-electron chi connectivity index (χ4n) is 2.28. The van der Waals surface area contributed by atoms with Gasteiger partial charge in [0.1, 0.15) is 0 Å². The van der Waals surface area contributed by atoms with E-state index in [1.807, 2.05) is 12.4 Å². The number of nitrogens with zero attached hydrogens (tertiary/aromatic N) is 2. The van der Waals surface area contributed by atoms with Crippen molar-refractivity contribution in [2.24, 2.45) is 0 Å². The first kappa shape index (κ1) is 11.6. The van der Waals surface area contributed by atoms with Crippen molar-refractivity contribution in [3.05, 3.63) is 30.1 Å². The van der Waals surface area contributed by atoms with Crippen LogP contribution in [0.3, 0.4) is 0 Å². The molecule has 1 aliphatic heterocycles. The molecule has 3 heteroatoms. The Balaban J connectivity index is 1.85. The summed E-state index contributed by atoms with van der Waals surface area (Å²) in [6.07, 6.45) is 6.40.